The standard InChI is InChI=1S/C25H23FN2O3/c26-20-8-6-18(7-9-20)16-31-21-10-11-22-19(15-21)12-13-28(25(22)30)23(24(27)29)14-17-4-2-1-3-5-17/h1-11,15,23H,12-14,16H2,(H2,27,29)/t23-/m0/s1. The highest BCUT2D eigenvalue weighted by Gasteiger charge is 2.33. The van der Waals surface area contributed by atoms with Gasteiger partial charge < -0.3 is 15.4 Å². The maximum atomic E-state index is 13.1. The highest BCUT2D eigenvalue weighted by molar-refractivity contribution is 5.99. The molecule has 2 amide bonds. The number of halogens is 1. The van der Waals surface area contributed by atoms with Crippen LogP contribution in [0.15, 0.2) is 72.8 Å². The molecule has 1 aliphatic heterocycles. The van der Waals surface area contributed by atoms with Gasteiger partial charge in [0, 0.05) is 18.5 Å². The number of ether oxygens (including phenoxy) is 1. The molecule has 31 heavy (non-hydrogen) atoms. The Morgan fingerprint density at radius 3 is 2.48 bits per heavy atom. The van der Waals surface area contributed by atoms with Crippen molar-refractivity contribution in [1.29, 1.82) is 0 Å². The average Bonchev–Trinajstić information content (AvgIpc) is 2.78. The molecule has 0 bridgehead atoms. The van der Waals surface area contributed by atoms with Gasteiger partial charge in [-0.15, -0.1) is 0 Å². The Labute approximate surface area is 180 Å². The van der Waals surface area contributed by atoms with E-state index in [1.54, 1.807) is 29.2 Å². The summed E-state index contributed by atoms with van der Waals surface area (Å²) >= 11 is 0. The van der Waals surface area contributed by atoms with Crippen LogP contribution in [0.4, 0.5) is 4.39 Å². The largest absolute Gasteiger partial charge is 0.489 e. The molecular weight excluding hydrogens is 395 g/mol. The van der Waals surface area contributed by atoms with Crippen molar-refractivity contribution in [2.75, 3.05) is 6.54 Å². The van der Waals surface area contributed by atoms with E-state index in [4.69, 9.17) is 10.5 Å². The predicted molar refractivity (Wildman–Crippen MR) is 115 cm³/mol. The minimum absolute atomic E-state index is 0.203. The lowest BCUT2D eigenvalue weighted by Crippen LogP contribution is -2.51. The number of carbonyl (C=O) groups excluding carboxylic acids is 2. The van der Waals surface area contributed by atoms with Gasteiger partial charge in [-0.25, -0.2) is 4.39 Å². The summed E-state index contributed by atoms with van der Waals surface area (Å²) in [5, 5.41) is 0. The molecule has 5 nitrogen and oxygen atoms in total. The first-order valence-electron chi connectivity index (χ1n) is 10.2. The molecule has 0 aromatic heterocycles. The Morgan fingerprint density at radius 1 is 1.03 bits per heavy atom. The predicted octanol–water partition coefficient (Wildman–Crippen LogP) is 3.50. The number of fused-ring (bicyclic) bond motifs is 1. The van der Waals surface area contributed by atoms with Crippen molar-refractivity contribution in [3.63, 3.8) is 0 Å². The van der Waals surface area contributed by atoms with Crippen LogP contribution in [-0.4, -0.2) is 29.3 Å². The van der Waals surface area contributed by atoms with Crippen LogP contribution in [-0.2, 0) is 24.2 Å². The van der Waals surface area contributed by atoms with Crippen molar-refractivity contribution in [3.8, 4) is 5.75 Å². The van der Waals surface area contributed by atoms with E-state index in [-0.39, 0.29) is 11.7 Å². The zero-order valence-electron chi connectivity index (χ0n) is 17.0. The van der Waals surface area contributed by atoms with E-state index in [1.165, 1.54) is 12.1 Å². The van der Waals surface area contributed by atoms with Crippen molar-refractivity contribution >= 4 is 11.8 Å². The van der Waals surface area contributed by atoms with Gasteiger partial charge in [0.2, 0.25) is 5.91 Å². The van der Waals surface area contributed by atoms with E-state index in [0.29, 0.717) is 37.3 Å². The second-order valence-corrected chi connectivity index (χ2v) is 7.59. The fourth-order valence-electron chi connectivity index (χ4n) is 3.82. The number of hydrogen-bond donors (Lipinski definition) is 1. The van der Waals surface area contributed by atoms with Gasteiger partial charge in [0.05, 0.1) is 0 Å². The quantitative estimate of drug-likeness (QED) is 0.638. The van der Waals surface area contributed by atoms with E-state index in [0.717, 1.165) is 16.7 Å². The zero-order chi connectivity index (χ0) is 21.8. The molecule has 0 fully saturated rings. The third-order valence-corrected chi connectivity index (χ3v) is 5.49. The number of rotatable bonds is 7. The SMILES string of the molecule is NC(=O)[C@H](Cc1ccccc1)N1CCc2cc(OCc3ccc(F)cc3)ccc2C1=O. The highest BCUT2D eigenvalue weighted by Crippen LogP contribution is 2.26. The number of nitrogens with zero attached hydrogens (tertiary/aromatic N) is 1. The number of benzene rings is 3. The lowest BCUT2D eigenvalue weighted by Gasteiger charge is -2.34. The zero-order valence-corrected chi connectivity index (χ0v) is 17.0. The second-order valence-electron chi connectivity index (χ2n) is 7.59. The molecule has 0 radical (unpaired) electrons. The van der Waals surface area contributed by atoms with Gasteiger partial charge in [-0.05, 0) is 53.4 Å². The molecule has 0 aliphatic carbocycles. The van der Waals surface area contributed by atoms with Crippen LogP contribution in [0.3, 0.4) is 0 Å². The molecule has 3 aromatic carbocycles. The first kappa shape index (κ1) is 20.6. The molecule has 1 aliphatic rings. The molecule has 0 saturated heterocycles. The van der Waals surface area contributed by atoms with Gasteiger partial charge in [0.1, 0.15) is 24.2 Å². The molecule has 0 unspecified atom stereocenters. The third-order valence-electron chi connectivity index (χ3n) is 5.49. The van der Waals surface area contributed by atoms with Gasteiger partial charge in [-0.3, -0.25) is 9.59 Å². The maximum absolute atomic E-state index is 13.1. The van der Waals surface area contributed by atoms with E-state index in [9.17, 15) is 14.0 Å². The number of amides is 2. The molecule has 1 heterocycles. The number of carbonyl (C=O) groups is 2. The molecule has 0 saturated carbocycles. The van der Waals surface area contributed by atoms with Crippen molar-refractivity contribution < 1.29 is 18.7 Å². The van der Waals surface area contributed by atoms with Gasteiger partial charge in [0.15, 0.2) is 0 Å². The average molecular weight is 418 g/mol. The summed E-state index contributed by atoms with van der Waals surface area (Å²) in [6.07, 6.45) is 0.990. The van der Waals surface area contributed by atoms with Crippen LogP contribution in [0.2, 0.25) is 0 Å². The molecule has 3 aromatic rings. The molecule has 158 valence electrons. The molecule has 1 atom stereocenters. The normalized spacial score (nSPS) is 14.1. The van der Waals surface area contributed by atoms with Gasteiger partial charge in [-0.1, -0.05) is 42.5 Å². The summed E-state index contributed by atoms with van der Waals surface area (Å²) in [5.74, 6) is -0.367. The van der Waals surface area contributed by atoms with Crippen molar-refractivity contribution in [3.05, 3.63) is 101 Å². The topological polar surface area (TPSA) is 72.6 Å². The molecule has 6 heteroatoms. The molecule has 0 spiro atoms. The Balaban J connectivity index is 1.48. The van der Waals surface area contributed by atoms with Crippen LogP contribution in [0.25, 0.3) is 0 Å². The Kier molecular flexibility index (Phi) is 5.98. The van der Waals surface area contributed by atoms with Crippen LogP contribution < -0.4 is 10.5 Å². The summed E-state index contributed by atoms with van der Waals surface area (Å²) < 4.78 is 18.8. The van der Waals surface area contributed by atoms with Crippen LogP contribution in [0, 0.1) is 5.82 Å². The fraction of sp³-hybridized carbons (Fsp3) is 0.200. The fourth-order valence-corrected chi connectivity index (χ4v) is 3.82. The first-order valence-corrected chi connectivity index (χ1v) is 10.2. The number of hydrogen-bond acceptors (Lipinski definition) is 3. The summed E-state index contributed by atoms with van der Waals surface area (Å²) in [5.41, 5.74) is 8.89. The second kappa shape index (κ2) is 9.00. The number of primary amides is 1. The Morgan fingerprint density at radius 2 is 1.77 bits per heavy atom. The van der Waals surface area contributed by atoms with E-state index >= 15 is 0 Å². The van der Waals surface area contributed by atoms with E-state index < -0.39 is 11.9 Å². The third kappa shape index (κ3) is 4.74. The molecular formula is C25H23FN2O3. The van der Waals surface area contributed by atoms with E-state index in [2.05, 4.69) is 0 Å². The van der Waals surface area contributed by atoms with Crippen LogP contribution in [0.5, 0.6) is 5.75 Å². The lowest BCUT2D eigenvalue weighted by molar-refractivity contribution is -0.122. The minimum Gasteiger partial charge on any atom is -0.489 e. The molecule has 4 rings (SSSR count). The minimum atomic E-state index is -0.697. The summed E-state index contributed by atoms with van der Waals surface area (Å²) in [4.78, 5) is 26.8. The number of nitrogens with two attached hydrogens (primary N) is 1. The summed E-state index contributed by atoms with van der Waals surface area (Å²) in [6.45, 7) is 0.716. The van der Waals surface area contributed by atoms with Crippen LogP contribution >= 0.6 is 0 Å². The summed E-state index contributed by atoms with van der Waals surface area (Å²) in [6, 6.07) is 20.3. The van der Waals surface area contributed by atoms with Gasteiger partial charge in [0.25, 0.3) is 5.91 Å². The summed E-state index contributed by atoms with van der Waals surface area (Å²) in [7, 11) is 0. The first-order chi connectivity index (χ1) is 15.0. The van der Waals surface area contributed by atoms with Gasteiger partial charge in [-0.2, -0.15) is 0 Å². The maximum Gasteiger partial charge on any atom is 0.254 e. The highest BCUT2D eigenvalue weighted by atomic mass is 19.1. The Hall–Kier alpha value is -3.67. The van der Waals surface area contributed by atoms with Crippen molar-refractivity contribution in [2.45, 2.75) is 25.5 Å². The lowest BCUT2D eigenvalue weighted by atomic mass is 9.95. The molecule has 2 N–H and O–H groups in total. The van der Waals surface area contributed by atoms with Crippen molar-refractivity contribution in [1.82, 2.24) is 4.90 Å². The Bertz CT molecular complexity index is 1080. The van der Waals surface area contributed by atoms with Crippen molar-refractivity contribution in [2.24, 2.45) is 5.73 Å². The monoisotopic (exact) mass is 418 g/mol. The van der Waals surface area contributed by atoms with E-state index in [1.807, 2.05) is 36.4 Å². The van der Waals surface area contributed by atoms with Crippen LogP contribution in [0.1, 0.15) is 27.0 Å². The smallest absolute Gasteiger partial charge is 0.254 e. The van der Waals surface area contributed by atoms with Gasteiger partial charge >= 0.3 is 0 Å².